The molecule has 0 aromatic heterocycles. The van der Waals surface area contributed by atoms with Crippen molar-refractivity contribution in [2.24, 2.45) is 0 Å². The Balaban J connectivity index is 3.88. The first-order chi connectivity index (χ1) is 13.5. The number of esters is 1. The Kier molecular flexibility index (Phi) is 14.7. The van der Waals surface area contributed by atoms with Crippen LogP contribution in [0.1, 0.15) is 52.4 Å². The van der Waals surface area contributed by atoms with Crippen LogP contribution in [0.15, 0.2) is 12.2 Å². The summed E-state index contributed by atoms with van der Waals surface area (Å²) in [5, 5.41) is 0. The van der Waals surface area contributed by atoms with E-state index >= 15 is 0 Å². The second-order valence-corrected chi connectivity index (χ2v) is 9.65. The van der Waals surface area contributed by atoms with Crippen LogP contribution < -0.4 is 0 Å². The smallest absolute Gasteiger partial charge is 0.460 e. The number of ether oxygens (including phenoxy) is 2. The van der Waals surface area contributed by atoms with Crippen LogP contribution >= 0.6 is 7.82 Å². The van der Waals surface area contributed by atoms with Crippen molar-refractivity contribution in [3.63, 3.8) is 0 Å². The van der Waals surface area contributed by atoms with E-state index < -0.39 is 13.8 Å². The highest BCUT2D eigenvalue weighted by Crippen LogP contribution is 2.43. The van der Waals surface area contributed by atoms with E-state index in [-0.39, 0.29) is 25.9 Å². The van der Waals surface area contributed by atoms with E-state index in [4.69, 9.17) is 18.5 Å². The molecule has 0 aliphatic rings. The Morgan fingerprint density at radius 3 is 2.28 bits per heavy atom. The zero-order valence-electron chi connectivity index (χ0n) is 18.9. The lowest BCUT2D eigenvalue weighted by Gasteiger charge is -2.24. The lowest BCUT2D eigenvalue weighted by molar-refractivity contribution is -0.870. The maximum absolute atomic E-state index is 11.8. The standard InChI is InChI=1S/C20H40NO7P/c1-7-11-19(25-16-17-26-20(22)18(2)3)12-9-8-10-14-27-29(23,24)28-15-13-21(4,5)6/h19H,2,7-17H2,1,3-6H3/p+1. The highest BCUT2D eigenvalue weighted by molar-refractivity contribution is 7.47. The third kappa shape index (κ3) is 17.8. The molecule has 0 rings (SSSR count). The molecule has 0 saturated carbocycles. The van der Waals surface area contributed by atoms with Gasteiger partial charge in [-0.2, -0.15) is 0 Å². The number of likely N-dealkylation sites (N-methyl/N-ethyl adjacent to an activating group) is 1. The maximum atomic E-state index is 11.8. The van der Waals surface area contributed by atoms with Gasteiger partial charge in [0.2, 0.25) is 0 Å². The lowest BCUT2D eigenvalue weighted by atomic mass is 10.1. The predicted octanol–water partition coefficient (Wildman–Crippen LogP) is 3.69. The summed E-state index contributed by atoms with van der Waals surface area (Å²) in [5.74, 6) is -0.400. The van der Waals surface area contributed by atoms with Crippen LogP contribution in [0.2, 0.25) is 0 Å². The minimum absolute atomic E-state index is 0.118. The Morgan fingerprint density at radius 1 is 1.03 bits per heavy atom. The summed E-state index contributed by atoms with van der Waals surface area (Å²) in [6.45, 7) is 8.82. The molecule has 0 aliphatic carbocycles. The van der Waals surface area contributed by atoms with Crippen LogP contribution in [-0.2, 0) is 27.9 Å². The zero-order valence-corrected chi connectivity index (χ0v) is 19.7. The van der Waals surface area contributed by atoms with Gasteiger partial charge in [0, 0.05) is 5.57 Å². The highest BCUT2D eigenvalue weighted by Gasteiger charge is 2.22. The first-order valence-corrected chi connectivity index (χ1v) is 11.8. The van der Waals surface area contributed by atoms with E-state index in [1.54, 1.807) is 6.92 Å². The molecule has 0 fully saturated rings. The number of carbonyl (C=O) groups is 1. The van der Waals surface area contributed by atoms with Crippen LogP contribution in [0.5, 0.6) is 0 Å². The number of hydrogen-bond donors (Lipinski definition) is 1. The van der Waals surface area contributed by atoms with Crippen molar-refractivity contribution in [1.82, 2.24) is 0 Å². The molecule has 172 valence electrons. The van der Waals surface area contributed by atoms with Gasteiger partial charge >= 0.3 is 13.8 Å². The highest BCUT2D eigenvalue weighted by atomic mass is 31.2. The van der Waals surface area contributed by atoms with Crippen molar-refractivity contribution in [1.29, 1.82) is 0 Å². The van der Waals surface area contributed by atoms with E-state index in [1.165, 1.54) is 0 Å². The van der Waals surface area contributed by atoms with Crippen LogP contribution in [-0.4, -0.2) is 75.6 Å². The molecule has 0 amide bonds. The molecule has 8 nitrogen and oxygen atoms in total. The summed E-state index contributed by atoms with van der Waals surface area (Å²) in [6.07, 6.45) is 5.43. The van der Waals surface area contributed by atoms with Crippen molar-refractivity contribution in [2.45, 2.75) is 58.5 Å². The van der Waals surface area contributed by atoms with Crippen molar-refractivity contribution in [3.8, 4) is 0 Å². The van der Waals surface area contributed by atoms with Gasteiger partial charge in [-0.1, -0.05) is 32.8 Å². The van der Waals surface area contributed by atoms with Crippen LogP contribution in [0.4, 0.5) is 0 Å². The van der Waals surface area contributed by atoms with E-state index in [1.807, 2.05) is 21.1 Å². The van der Waals surface area contributed by atoms with Gasteiger partial charge in [0.25, 0.3) is 0 Å². The average molecular weight is 439 g/mol. The van der Waals surface area contributed by atoms with Crippen LogP contribution in [0, 0.1) is 0 Å². The molecule has 0 aromatic rings. The van der Waals surface area contributed by atoms with Crippen molar-refractivity contribution >= 4 is 13.8 Å². The predicted molar refractivity (Wildman–Crippen MR) is 114 cm³/mol. The quantitative estimate of drug-likeness (QED) is 0.115. The molecule has 29 heavy (non-hydrogen) atoms. The maximum Gasteiger partial charge on any atom is 0.472 e. The van der Waals surface area contributed by atoms with Crippen molar-refractivity contribution in [3.05, 3.63) is 12.2 Å². The van der Waals surface area contributed by atoms with Gasteiger partial charge in [0.1, 0.15) is 19.8 Å². The number of hydrogen-bond acceptors (Lipinski definition) is 6. The molecule has 0 aromatic carbocycles. The van der Waals surface area contributed by atoms with Gasteiger partial charge < -0.3 is 18.9 Å². The fraction of sp³-hybridized carbons (Fsp3) is 0.850. The number of quaternary nitrogens is 1. The Bertz CT molecular complexity index is 519. The summed E-state index contributed by atoms with van der Waals surface area (Å²) in [6, 6.07) is 0. The summed E-state index contributed by atoms with van der Waals surface area (Å²) in [7, 11) is 1.98. The second kappa shape index (κ2) is 15.1. The fourth-order valence-corrected chi connectivity index (χ4v) is 3.15. The van der Waals surface area contributed by atoms with E-state index in [9.17, 15) is 14.3 Å². The fourth-order valence-electron chi connectivity index (χ4n) is 2.40. The average Bonchev–Trinajstić information content (AvgIpc) is 2.59. The zero-order chi connectivity index (χ0) is 22.3. The largest absolute Gasteiger partial charge is 0.472 e. The van der Waals surface area contributed by atoms with Crippen LogP contribution in [0.25, 0.3) is 0 Å². The SMILES string of the molecule is C=C(C)C(=O)OCCOC(CCC)CCCCCOP(=O)(O)OCC[N+](C)(C)C. The molecule has 0 radical (unpaired) electrons. The van der Waals surface area contributed by atoms with Crippen LogP contribution in [0.3, 0.4) is 0 Å². The summed E-state index contributed by atoms with van der Waals surface area (Å²) in [4.78, 5) is 21.0. The van der Waals surface area contributed by atoms with E-state index in [0.717, 1.165) is 32.1 Å². The van der Waals surface area contributed by atoms with Crippen molar-refractivity contribution < 1.29 is 37.3 Å². The van der Waals surface area contributed by atoms with Gasteiger partial charge in [0.15, 0.2) is 0 Å². The lowest BCUT2D eigenvalue weighted by Crippen LogP contribution is -2.37. The molecule has 0 bridgehead atoms. The Morgan fingerprint density at radius 2 is 1.69 bits per heavy atom. The number of nitrogens with zero attached hydrogens (tertiary/aromatic N) is 1. The third-order valence-electron chi connectivity index (χ3n) is 4.07. The number of phosphoric ester groups is 1. The molecular formula is C20H41NO7P+. The molecule has 2 unspecified atom stereocenters. The van der Waals surface area contributed by atoms with Gasteiger partial charge in [-0.05, 0) is 26.2 Å². The topological polar surface area (TPSA) is 91.3 Å². The van der Waals surface area contributed by atoms with Gasteiger partial charge in [-0.3, -0.25) is 9.05 Å². The third-order valence-corrected chi connectivity index (χ3v) is 5.09. The minimum Gasteiger partial charge on any atom is -0.460 e. The second-order valence-electron chi connectivity index (χ2n) is 8.20. The molecule has 0 saturated heterocycles. The summed E-state index contributed by atoms with van der Waals surface area (Å²) >= 11 is 0. The normalized spacial score (nSPS) is 15.0. The molecule has 9 heteroatoms. The van der Waals surface area contributed by atoms with E-state index in [0.29, 0.717) is 29.6 Å². The Hall–Kier alpha value is -0.760. The number of unbranched alkanes of at least 4 members (excludes halogenated alkanes) is 2. The van der Waals surface area contributed by atoms with Gasteiger partial charge in [-0.15, -0.1) is 0 Å². The summed E-state index contributed by atoms with van der Waals surface area (Å²) in [5.41, 5.74) is 0.378. The Labute approximate surface area is 176 Å². The monoisotopic (exact) mass is 438 g/mol. The van der Waals surface area contributed by atoms with Gasteiger partial charge in [-0.25, -0.2) is 9.36 Å². The molecule has 0 heterocycles. The molecule has 2 atom stereocenters. The molecule has 0 spiro atoms. The molecule has 1 N–H and O–H groups in total. The number of rotatable bonds is 18. The number of phosphoric acid groups is 1. The van der Waals surface area contributed by atoms with Gasteiger partial charge in [0.05, 0.1) is 40.5 Å². The first kappa shape index (κ1) is 28.2. The molecular weight excluding hydrogens is 397 g/mol. The summed E-state index contributed by atoms with van der Waals surface area (Å²) < 4.78 is 33.3. The molecule has 0 aliphatic heterocycles. The van der Waals surface area contributed by atoms with E-state index in [2.05, 4.69) is 13.5 Å². The first-order valence-electron chi connectivity index (χ1n) is 10.3. The minimum atomic E-state index is -3.97. The van der Waals surface area contributed by atoms with Crippen molar-refractivity contribution in [2.75, 3.05) is 54.1 Å². The number of carbonyl (C=O) groups excluding carboxylic acids is 1.